The van der Waals surface area contributed by atoms with E-state index in [2.05, 4.69) is 15.6 Å². The number of phenols is 1. The highest BCUT2D eigenvalue weighted by atomic mass is 16.5. The lowest BCUT2D eigenvalue weighted by Crippen LogP contribution is -2.30. The topological polar surface area (TPSA) is 75.1 Å². The molecular formula is C19H25N3O3. The molecule has 0 heterocycles. The fraction of sp³-hybridized carbons (Fsp3) is 0.316. The van der Waals surface area contributed by atoms with Gasteiger partial charge in [-0.25, -0.2) is 4.99 Å². The lowest BCUT2D eigenvalue weighted by atomic mass is 10.2. The smallest absolute Gasteiger partial charge is 0.196 e. The van der Waals surface area contributed by atoms with Crippen LogP contribution in [0.4, 0.5) is 5.69 Å². The molecule has 0 aliphatic carbocycles. The van der Waals surface area contributed by atoms with Crippen molar-refractivity contribution < 1.29 is 14.6 Å². The Kier molecular flexibility index (Phi) is 6.95. The Morgan fingerprint density at radius 3 is 2.48 bits per heavy atom. The van der Waals surface area contributed by atoms with Gasteiger partial charge >= 0.3 is 0 Å². The molecule has 0 bridgehead atoms. The van der Waals surface area contributed by atoms with Gasteiger partial charge in [-0.15, -0.1) is 0 Å². The largest absolute Gasteiger partial charge is 0.508 e. The Labute approximate surface area is 148 Å². The Hall–Kier alpha value is -2.89. The van der Waals surface area contributed by atoms with Crippen molar-refractivity contribution in [3.05, 3.63) is 48.0 Å². The molecule has 0 spiro atoms. The number of aliphatic imine (C=N–C) groups is 1. The molecule has 3 N–H and O–H groups in total. The van der Waals surface area contributed by atoms with Gasteiger partial charge in [0.15, 0.2) is 17.5 Å². The predicted octanol–water partition coefficient (Wildman–Crippen LogP) is 3.38. The first-order chi connectivity index (χ1) is 12.2. The number of rotatable bonds is 7. The quantitative estimate of drug-likeness (QED) is 0.531. The minimum absolute atomic E-state index is 0.249. The fourth-order valence-corrected chi connectivity index (χ4v) is 2.24. The Morgan fingerprint density at radius 2 is 1.84 bits per heavy atom. The van der Waals surface area contributed by atoms with Gasteiger partial charge in [0, 0.05) is 18.3 Å². The molecule has 0 saturated heterocycles. The van der Waals surface area contributed by atoms with Gasteiger partial charge in [-0.2, -0.15) is 0 Å². The van der Waals surface area contributed by atoms with Gasteiger partial charge in [-0.05, 0) is 43.7 Å². The van der Waals surface area contributed by atoms with Crippen molar-refractivity contribution >= 4 is 11.6 Å². The van der Waals surface area contributed by atoms with E-state index in [-0.39, 0.29) is 5.75 Å². The van der Waals surface area contributed by atoms with Crippen molar-refractivity contribution in [2.45, 2.75) is 20.4 Å². The number of anilines is 1. The predicted molar refractivity (Wildman–Crippen MR) is 101 cm³/mol. The summed E-state index contributed by atoms with van der Waals surface area (Å²) in [7, 11) is 1.62. The zero-order chi connectivity index (χ0) is 18.1. The minimum Gasteiger partial charge on any atom is -0.508 e. The zero-order valence-electron chi connectivity index (χ0n) is 14.9. The highest BCUT2D eigenvalue weighted by molar-refractivity contribution is 5.93. The lowest BCUT2D eigenvalue weighted by molar-refractivity contribution is 0.311. The summed E-state index contributed by atoms with van der Waals surface area (Å²) in [6, 6.07) is 12.7. The third-order valence-electron chi connectivity index (χ3n) is 3.43. The van der Waals surface area contributed by atoms with Crippen LogP contribution in [0.2, 0.25) is 0 Å². The number of aromatic hydroxyl groups is 1. The van der Waals surface area contributed by atoms with Crippen LogP contribution < -0.4 is 20.1 Å². The van der Waals surface area contributed by atoms with E-state index in [1.54, 1.807) is 19.2 Å². The van der Waals surface area contributed by atoms with Crippen LogP contribution in [0.1, 0.15) is 19.4 Å². The maximum Gasteiger partial charge on any atom is 0.196 e. The van der Waals surface area contributed by atoms with E-state index in [0.717, 1.165) is 17.8 Å². The van der Waals surface area contributed by atoms with E-state index in [0.29, 0.717) is 30.6 Å². The number of hydrogen-bond donors (Lipinski definition) is 3. The second-order valence-electron chi connectivity index (χ2n) is 5.29. The molecule has 0 aromatic heterocycles. The number of guanidine groups is 1. The van der Waals surface area contributed by atoms with E-state index in [9.17, 15) is 5.11 Å². The number of phenolic OH excluding ortho intramolecular Hbond substituents is 1. The monoisotopic (exact) mass is 343 g/mol. The molecule has 6 heteroatoms. The standard InChI is InChI=1S/C19H25N3O3/c1-4-20-19(21-13-14-6-9-16(23)10-7-14)22-15-8-11-17(25-5-2)18(12-15)24-3/h6-12,23H,4-5,13H2,1-3H3,(H2,20,21,22). The summed E-state index contributed by atoms with van der Waals surface area (Å²) >= 11 is 0. The van der Waals surface area contributed by atoms with Crippen LogP contribution in [0.25, 0.3) is 0 Å². The average molecular weight is 343 g/mol. The van der Waals surface area contributed by atoms with Gasteiger partial charge in [0.05, 0.1) is 20.3 Å². The summed E-state index contributed by atoms with van der Waals surface area (Å²) in [5.74, 6) is 2.30. The maximum atomic E-state index is 9.34. The van der Waals surface area contributed by atoms with Crippen LogP contribution >= 0.6 is 0 Å². The van der Waals surface area contributed by atoms with Crippen molar-refractivity contribution in [1.82, 2.24) is 5.32 Å². The molecule has 0 unspecified atom stereocenters. The minimum atomic E-state index is 0.249. The van der Waals surface area contributed by atoms with Gasteiger partial charge in [0.1, 0.15) is 5.75 Å². The number of ether oxygens (including phenoxy) is 2. The van der Waals surface area contributed by atoms with E-state index < -0.39 is 0 Å². The van der Waals surface area contributed by atoms with Crippen LogP contribution in [-0.4, -0.2) is 31.3 Å². The summed E-state index contributed by atoms with van der Waals surface area (Å²) in [6.45, 7) is 5.78. The fourth-order valence-electron chi connectivity index (χ4n) is 2.24. The summed E-state index contributed by atoms with van der Waals surface area (Å²) in [4.78, 5) is 4.56. The average Bonchev–Trinajstić information content (AvgIpc) is 2.62. The third-order valence-corrected chi connectivity index (χ3v) is 3.43. The molecule has 0 saturated carbocycles. The van der Waals surface area contributed by atoms with E-state index in [1.165, 1.54) is 0 Å². The number of nitrogens with zero attached hydrogens (tertiary/aromatic N) is 1. The maximum absolute atomic E-state index is 9.34. The summed E-state index contributed by atoms with van der Waals surface area (Å²) in [5, 5.41) is 15.8. The molecule has 2 aromatic carbocycles. The van der Waals surface area contributed by atoms with E-state index in [1.807, 2.05) is 44.2 Å². The van der Waals surface area contributed by atoms with Gasteiger partial charge < -0.3 is 25.2 Å². The van der Waals surface area contributed by atoms with Crippen molar-refractivity contribution in [3.8, 4) is 17.2 Å². The summed E-state index contributed by atoms with van der Waals surface area (Å²) in [6.07, 6.45) is 0. The highest BCUT2D eigenvalue weighted by Crippen LogP contribution is 2.30. The Morgan fingerprint density at radius 1 is 1.08 bits per heavy atom. The number of benzene rings is 2. The second-order valence-corrected chi connectivity index (χ2v) is 5.29. The van der Waals surface area contributed by atoms with E-state index >= 15 is 0 Å². The van der Waals surface area contributed by atoms with Gasteiger partial charge in [0.25, 0.3) is 0 Å². The number of methoxy groups -OCH3 is 1. The first kappa shape index (κ1) is 18.4. The SMILES string of the molecule is CCNC(=NCc1ccc(O)cc1)Nc1ccc(OCC)c(OC)c1. The second kappa shape index (κ2) is 9.42. The highest BCUT2D eigenvalue weighted by Gasteiger charge is 2.07. The zero-order valence-corrected chi connectivity index (χ0v) is 14.9. The van der Waals surface area contributed by atoms with Crippen LogP contribution in [0.15, 0.2) is 47.5 Å². The summed E-state index contributed by atoms with van der Waals surface area (Å²) < 4.78 is 10.9. The third kappa shape index (κ3) is 5.60. The molecule has 6 nitrogen and oxygen atoms in total. The normalized spacial score (nSPS) is 11.1. The summed E-state index contributed by atoms with van der Waals surface area (Å²) in [5.41, 5.74) is 1.87. The number of nitrogens with one attached hydrogen (secondary N) is 2. The molecule has 0 atom stereocenters. The van der Waals surface area contributed by atoms with Crippen LogP contribution in [0, 0.1) is 0 Å². The van der Waals surface area contributed by atoms with E-state index in [4.69, 9.17) is 9.47 Å². The van der Waals surface area contributed by atoms with Crippen LogP contribution in [0.5, 0.6) is 17.2 Å². The number of hydrogen-bond acceptors (Lipinski definition) is 4. The molecule has 0 fully saturated rings. The lowest BCUT2D eigenvalue weighted by Gasteiger charge is -2.14. The molecule has 0 amide bonds. The van der Waals surface area contributed by atoms with Crippen molar-refractivity contribution in [1.29, 1.82) is 0 Å². The van der Waals surface area contributed by atoms with Gasteiger partial charge in [-0.1, -0.05) is 12.1 Å². The van der Waals surface area contributed by atoms with Gasteiger partial charge in [0.2, 0.25) is 0 Å². The van der Waals surface area contributed by atoms with Crippen molar-refractivity contribution in [2.75, 3.05) is 25.6 Å². The first-order valence-electron chi connectivity index (χ1n) is 8.30. The van der Waals surface area contributed by atoms with Crippen molar-refractivity contribution in [3.63, 3.8) is 0 Å². The van der Waals surface area contributed by atoms with Crippen molar-refractivity contribution in [2.24, 2.45) is 4.99 Å². The molecular weight excluding hydrogens is 318 g/mol. The van der Waals surface area contributed by atoms with Crippen LogP contribution in [-0.2, 0) is 6.54 Å². The Bertz CT molecular complexity index is 700. The molecule has 25 heavy (non-hydrogen) atoms. The van der Waals surface area contributed by atoms with Gasteiger partial charge in [-0.3, -0.25) is 0 Å². The van der Waals surface area contributed by atoms with Crippen LogP contribution in [0.3, 0.4) is 0 Å². The molecule has 0 radical (unpaired) electrons. The molecule has 134 valence electrons. The molecule has 2 rings (SSSR count). The molecule has 2 aromatic rings. The Balaban J connectivity index is 2.12. The first-order valence-corrected chi connectivity index (χ1v) is 8.30. The molecule has 0 aliphatic rings. The molecule has 0 aliphatic heterocycles.